The van der Waals surface area contributed by atoms with Crippen LogP contribution in [-0.2, 0) is 0 Å². The van der Waals surface area contributed by atoms with Crippen LogP contribution in [0.1, 0.15) is 32.1 Å². The van der Waals surface area contributed by atoms with Gasteiger partial charge in [0.15, 0.2) is 0 Å². The maximum atomic E-state index is 4.02. The molecular weight excluding hydrogens is 204 g/mol. The second kappa shape index (κ2) is 4.27. The molecule has 1 saturated carbocycles. The Balaban J connectivity index is 1.73. The minimum absolute atomic E-state index is 0.453. The van der Waals surface area contributed by atoms with Crippen molar-refractivity contribution in [3.63, 3.8) is 0 Å². The number of hydrogen-bond donors (Lipinski definition) is 2. The van der Waals surface area contributed by atoms with E-state index >= 15 is 0 Å². The highest BCUT2D eigenvalue weighted by atomic mass is 32.2. The van der Waals surface area contributed by atoms with Crippen LogP contribution in [0.2, 0.25) is 0 Å². The highest BCUT2D eigenvalue weighted by molar-refractivity contribution is 7.99. The summed E-state index contributed by atoms with van der Waals surface area (Å²) in [6.45, 7) is 2.47. The first-order chi connectivity index (χ1) is 7.38. The molecule has 3 rings (SSSR count). The van der Waals surface area contributed by atoms with E-state index in [2.05, 4.69) is 22.4 Å². The highest BCUT2D eigenvalue weighted by Crippen LogP contribution is 2.33. The summed E-state index contributed by atoms with van der Waals surface area (Å²) in [5.41, 5.74) is 0.453. The molecule has 15 heavy (non-hydrogen) atoms. The molecule has 0 bridgehead atoms. The minimum atomic E-state index is 0.453. The molecular formula is C12H22N2S. The van der Waals surface area contributed by atoms with Crippen molar-refractivity contribution in [3.05, 3.63) is 0 Å². The van der Waals surface area contributed by atoms with Crippen LogP contribution in [0.3, 0.4) is 0 Å². The number of hydrogen-bond acceptors (Lipinski definition) is 3. The van der Waals surface area contributed by atoms with Gasteiger partial charge in [-0.3, -0.25) is 0 Å². The van der Waals surface area contributed by atoms with E-state index in [9.17, 15) is 0 Å². The average Bonchev–Trinajstić information content (AvgIpc) is 2.61. The predicted molar refractivity (Wildman–Crippen MR) is 66.4 cm³/mol. The summed E-state index contributed by atoms with van der Waals surface area (Å²) in [5.74, 6) is 3.62. The SMILES string of the molecule is C1CC2CNCC3(CCSCC3)NC2C1. The molecule has 2 heterocycles. The molecule has 2 saturated heterocycles. The van der Waals surface area contributed by atoms with Gasteiger partial charge in [0, 0.05) is 18.1 Å². The Morgan fingerprint density at radius 3 is 2.87 bits per heavy atom. The lowest BCUT2D eigenvalue weighted by Gasteiger charge is -2.39. The van der Waals surface area contributed by atoms with Gasteiger partial charge in [0.25, 0.3) is 0 Å². The zero-order valence-electron chi connectivity index (χ0n) is 9.43. The molecule has 1 aliphatic carbocycles. The first-order valence-electron chi connectivity index (χ1n) is 6.44. The van der Waals surface area contributed by atoms with Crippen molar-refractivity contribution in [1.29, 1.82) is 0 Å². The van der Waals surface area contributed by atoms with Crippen molar-refractivity contribution in [2.45, 2.75) is 43.7 Å². The van der Waals surface area contributed by atoms with Gasteiger partial charge < -0.3 is 10.6 Å². The number of fused-ring (bicyclic) bond motifs is 1. The maximum absolute atomic E-state index is 4.02. The van der Waals surface area contributed by atoms with Gasteiger partial charge in [-0.25, -0.2) is 0 Å². The lowest BCUT2D eigenvalue weighted by molar-refractivity contribution is 0.266. The van der Waals surface area contributed by atoms with E-state index in [1.807, 2.05) is 0 Å². The highest BCUT2D eigenvalue weighted by Gasteiger charge is 2.40. The van der Waals surface area contributed by atoms with E-state index < -0.39 is 0 Å². The van der Waals surface area contributed by atoms with Gasteiger partial charge in [0.05, 0.1) is 0 Å². The van der Waals surface area contributed by atoms with Crippen LogP contribution in [0.4, 0.5) is 0 Å². The Labute approximate surface area is 97.0 Å². The second-order valence-corrected chi connectivity index (χ2v) is 6.69. The van der Waals surface area contributed by atoms with Gasteiger partial charge in [0.2, 0.25) is 0 Å². The summed E-state index contributed by atoms with van der Waals surface area (Å²) < 4.78 is 0. The molecule has 2 nitrogen and oxygen atoms in total. The van der Waals surface area contributed by atoms with Crippen LogP contribution in [0.15, 0.2) is 0 Å². The minimum Gasteiger partial charge on any atom is -0.315 e. The molecule has 0 radical (unpaired) electrons. The molecule has 3 heteroatoms. The Kier molecular flexibility index (Phi) is 2.97. The van der Waals surface area contributed by atoms with Gasteiger partial charge in [0.1, 0.15) is 0 Å². The molecule has 0 amide bonds. The van der Waals surface area contributed by atoms with Gasteiger partial charge >= 0.3 is 0 Å². The van der Waals surface area contributed by atoms with Gasteiger partial charge in [-0.15, -0.1) is 0 Å². The number of thioether (sulfide) groups is 1. The summed E-state index contributed by atoms with van der Waals surface area (Å²) >= 11 is 2.13. The maximum Gasteiger partial charge on any atom is 0.0324 e. The number of rotatable bonds is 0. The fraction of sp³-hybridized carbons (Fsp3) is 1.00. The first kappa shape index (κ1) is 10.4. The van der Waals surface area contributed by atoms with Gasteiger partial charge in [-0.05, 0) is 49.7 Å². The van der Waals surface area contributed by atoms with E-state index in [1.165, 1.54) is 56.7 Å². The topological polar surface area (TPSA) is 24.1 Å². The van der Waals surface area contributed by atoms with Gasteiger partial charge in [-0.2, -0.15) is 11.8 Å². The monoisotopic (exact) mass is 226 g/mol. The zero-order valence-corrected chi connectivity index (χ0v) is 10.2. The normalized spacial score (nSPS) is 40.0. The smallest absolute Gasteiger partial charge is 0.0324 e. The summed E-state index contributed by atoms with van der Waals surface area (Å²) in [7, 11) is 0. The molecule has 0 aromatic carbocycles. The van der Waals surface area contributed by atoms with Crippen LogP contribution in [0, 0.1) is 5.92 Å². The van der Waals surface area contributed by atoms with E-state index in [0.717, 1.165) is 12.0 Å². The summed E-state index contributed by atoms with van der Waals surface area (Å²) in [4.78, 5) is 0. The fourth-order valence-corrected chi connectivity index (χ4v) is 4.77. The van der Waals surface area contributed by atoms with Crippen LogP contribution < -0.4 is 10.6 Å². The first-order valence-corrected chi connectivity index (χ1v) is 7.60. The third kappa shape index (κ3) is 2.06. The summed E-state index contributed by atoms with van der Waals surface area (Å²) in [6.07, 6.45) is 7.04. The molecule has 2 aliphatic heterocycles. The summed E-state index contributed by atoms with van der Waals surface area (Å²) in [6, 6.07) is 0.822. The third-order valence-electron chi connectivity index (χ3n) is 4.47. The van der Waals surface area contributed by atoms with Crippen molar-refractivity contribution in [1.82, 2.24) is 10.6 Å². The molecule has 2 N–H and O–H groups in total. The fourth-order valence-electron chi connectivity index (χ4n) is 3.50. The van der Waals surface area contributed by atoms with Gasteiger partial charge in [-0.1, -0.05) is 6.42 Å². The quantitative estimate of drug-likeness (QED) is 0.656. The standard InChI is InChI=1S/C12H22N2S/c1-2-10-8-13-9-12(14-11(10)3-1)4-6-15-7-5-12/h10-11,13-14H,1-9H2. The van der Waals surface area contributed by atoms with Crippen molar-refractivity contribution in [2.24, 2.45) is 5.92 Å². The molecule has 1 spiro atoms. The molecule has 3 fully saturated rings. The van der Waals surface area contributed by atoms with Crippen molar-refractivity contribution in [3.8, 4) is 0 Å². The Morgan fingerprint density at radius 2 is 2.00 bits per heavy atom. The second-order valence-electron chi connectivity index (χ2n) is 5.47. The Hall–Kier alpha value is 0.270. The molecule has 0 aromatic rings. The lowest BCUT2D eigenvalue weighted by Crippen LogP contribution is -2.55. The predicted octanol–water partition coefficient (Wildman–Crippen LogP) is 1.61. The molecule has 0 aromatic heterocycles. The van der Waals surface area contributed by atoms with Crippen molar-refractivity contribution < 1.29 is 0 Å². The molecule has 2 atom stereocenters. The van der Waals surface area contributed by atoms with E-state index in [4.69, 9.17) is 0 Å². The van der Waals surface area contributed by atoms with E-state index in [-0.39, 0.29) is 0 Å². The third-order valence-corrected chi connectivity index (χ3v) is 5.46. The Morgan fingerprint density at radius 1 is 1.13 bits per heavy atom. The van der Waals surface area contributed by atoms with Crippen molar-refractivity contribution >= 4 is 11.8 Å². The summed E-state index contributed by atoms with van der Waals surface area (Å²) in [5, 5.41) is 7.72. The number of nitrogens with one attached hydrogen (secondary N) is 2. The van der Waals surface area contributed by atoms with E-state index in [0.29, 0.717) is 5.54 Å². The lowest BCUT2D eigenvalue weighted by atomic mass is 9.91. The Bertz CT molecular complexity index is 226. The van der Waals surface area contributed by atoms with E-state index in [1.54, 1.807) is 0 Å². The largest absolute Gasteiger partial charge is 0.315 e. The molecule has 3 aliphatic rings. The van der Waals surface area contributed by atoms with Crippen LogP contribution in [-0.4, -0.2) is 36.2 Å². The van der Waals surface area contributed by atoms with Crippen LogP contribution in [0.25, 0.3) is 0 Å². The average molecular weight is 226 g/mol. The van der Waals surface area contributed by atoms with Crippen molar-refractivity contribution in [2.75, 3.05) is 24.6 Å². The van der Waals surface area contributed by atoms with Crippen LogP contribution in [0.5, 0.6) is 0 Å². The molecule has 2 unspecified atom stereocenters. The zero-order chi connectivity index (χ0) is 10.1. The van der Waals surface area contributed by atoms with Crippen LogP contribution >= 0.6 is 11.8 Å². The molecule has 86 valence electrons.